The Labute approximate surface area is 583 Å². The van der Waals surface area contributed by atoms with E-state index in [2.05, 4.69) is 64.1 Å². The van der Waals surface area contributed by atoms with Gasteiger partial charge in [-0.15, -0.1) is 35.9 Å². The Bertz CT molecular complexity index is 3900. The van der Waals surface area contributed by atoms with Crippen LogP contribution in [0.25, 0.3) is 11.3 Å². The number of hydrogen-bond donors (Lipinski definition) is 0. The third-order valence-electron chi connectivity index (χ3n) is 15.7. The van der Waals surface area contributed by atoms with Crippen LogP contribution < -0.4 is 41.9 Å². The van der Waals surface area contributed by atoms with Crippen LogP contribution in [0.15, 0.2) is 187 Å². The number of benzene rings is 8. The van der Waals surface area contributed by atoms with Gasteiger partial charge in [0, 0.05) is 10.6 Å². The molecule has 102 heavy (non-hydrogen) atoms. The van der Waals surface area contributed by atoms with Gasteiger partial charge >= 0.3 is 69.8 Å². The Hall–Kier alpha value is -8.34. The van der Waals surface area contributed by atoms with E-state index in [1.165, 1.54) is 21.7 Å². The Morgan fingerprint density at radius 1 is 0.392 bits per heavy atom. The molecule has 31 heteroatoms. The molecule has 0 bridgehead atoms. The minimum absolute atomic E-state index is 0. The fourth-order valence-corrected chi connectivity index (χ4v) is 12.2. The first kappa shape index (κ1) is 82.6. The van der Waals surface area contributed by atoms with Crippen molar-refractivity contribution in [3.63, 3.8) is 0 Å². The maximum atomic E-state index is 14.2. The summed E-state index contributed by atoms with van der Waals surface area (Å²) >= 11 is 0. The van der Waals surface area contributed by atoms with Crippen LogP contribution in [0.2, 0.25) is 0 Å². The molecule has 0 saturated carbocycles. The van der Waals surface area contributed by atoms with Crippen LogP contribution in [0.4, 0.5) is 111 Å². The standard InChI is InChI=1S/C32H12BF24.C25H27N2.C14H15O2P.Pd/c34-25(35,36)13-1-14(26(37,38)39)6-21(5-13)33(22-7-15(27(40,41)42)2-16(8-22)28(43,44)45,23-9-17(29(46,47)48)3-18(10-23)30(49,50)51)24-11-19(31(52,53)54)4-20(12-24)32(55,56)57;1-17(2)21-13-9-14-22(18(3)4)25(21)26-19(5)23-15-10-16-24(27-23)20-11-7-6-8-12-20;1-15-11-7-3-5-9-13(11)17-14-10-6-4-8-12(14)16-2;/h1-12H;6-11,13-18H,1-5H3;3-10,17H,1-2H3;/q2*-1;;+2. The second kappa shape index (κ2) is 31.7. The molecule has 0 aliphatic carbocycles. The Morgan fingerprint density at radius 3 is 0.961 bits per heavy atom. The van der Waals surface area contributed by atoms with Crippen LogP contribution in [0.1, 0.15) is 108 Å². The van der Waals surface area contributed by atoms with Gasteiger partial charge in [-0.1, -0.05) is 152 Å². The Morgan fingerprint density at radius 2 is 0.686 bits per heavy atom. The summed E-state index contributed by atoms with van der Waals surface area (Å²) in [4.78, 5) is 9.88. The van der Waals surface area contributed by atoms with Gasteiger partial charge in [0.25, 0.3) is 0 Å². The molecule has 9 rings (SSSR count). The van der Waals surface area contributed by atoms with E-state index < -0.39 is 195 Å². The van der Waals surface area contributed by atoms with Crippen LogP contribution in [0.5, 0.6) is 11.5 Å². The molecule has 0 aliphatic heterocycles. The summed E-state index contributed by atoms with van der Waals surface area (Å²) in [6.45, 7) is 10.9. The number of para-hydroxylation sites is 3. The van der Waals surface area contributed by atoms with E-state index in [9.17, 15) is 105 Å². The first-order chi connectivity index (χ1) is 46.6. The van der Waals surface area contributed by atoms with Crippen molar-refractivity contribution in [3.05, 3.63) is 249 Å². The van der Waals surface area contributed by atoms with Gasteiger partial charge in [-0.05, 0) is 78.0 Å². The van der Waals surface area contributed by atoms with Gasteiger partial charge in [0.2, 0.25) is 0 Å². The van der Waals surface area contributed by atoms with Crippen LogP contribution in [-0.2, 0) is 69.8 Å². The van der Waals surface area contributed by atoms with Crippen molar-refractivity contribution in [1.29, 1.82) is 0 Å². The zero-order chi connectivity index (χ0) is 75.4. The fraction of sp³-hybridized carbons (Fsp3) is 0.239. The van der Waals surface area contributed by atoms with Crippen molar-refractivity contribution in [1.82, 2.24) is 4.98 Å². The number of rotatable bonds is 13. The van der Waals surface area contributed by atoms with E-state index in [1.54, 1.807) is 14.2 Å². The number of aromatic nitrogens is 1. The smallest absolute Gasteiger partial charge is 0.496 e. The fourth-order valence-electron chi connectivity index (χ4n) is 10.9. The van der Waals surface area contributed by atoms with Gasteiger partial charge in [-0.2, -0.15) is 127 Å². The van der Waals surface area contributed by atoms with E-state index in [0.29, 0.717) is 20.4 Å². The first-order valence-electron chi connectivity index (χ1n) is 29.6. The summed E-state index contributed by atoms with van der Waals surface area (Å²) in [6, 6.07) is 31.1. The number of ether oxygens (including phenoxy) is 2. The number of methoxy groups -OCH3 is 2. The van der Waals surface area contributed by atoms with Gasteiger partial charge < -0.3 is 9.47 Å². The molecule has 0 radical (unpaired) electrons. The van der Waals surface area contributed by atoms with Crippen molar-refractivity contribution in [2.24, 2.45) is 4.99 Å². The van der Waals surface area contributed by atoms with Crippen molar-refractivity contribution >= 4 is 58.6 Å². The van der Waals surface area contributed by atoms with Gasteiger partial charge in [0.1, 0.15) is 17.6 Å². The van der Waals surface area contributed by atoms with Crippen molar-refractivity contribution in [3.8, 4) is 22.8 Å². The monoisotopic (exact) mass is 1570 g/mol. The van der Waals surface area contributed by atoms with E-state index in [1.807, 2.05) is 85.8 Å². The second-order valence-corrected chi connectivity index (χ2v) is 24.6. The zero-order valence-electron chi connectivity index (χ0n) is 53.7. The molecule has 0 saturated heterocycles. The maximum absolute atomic E-state index is 14.2. The first-order valence-corrected chi connectivity index (χ1v) is 30.6. The molecule has 0 spiro atoms. The largest absolute Gasteiger partial charge is 2.00 e. The molecule has 1 heterocycles. The summed E-state index contributed by atoms with van der Waals surface area (Å²) in [7, 11) is 3.94. The molecule has 0 fully saturated rings. The minimum Gasteiger partial charge on any atom is -0.496 e. The number of pyridine rings is 1. The molecule has 0 unspecified atom stereocenters. The molecule has 0 aliphatic rings. The van der Waals surface area contributed by atoms with Gasteiger partial charge in [-0.3, -0.25) is 9.98 Å². The van der Waals surface area contributed by atoms with Crippen molar-refractivity contribution < 1.29 is 135 Å². The summed E-state index contributed by atoms with van der Waals surface area (Å²) in [5.74, 6) is 2.70. The number of hydrogen-bond acceptors (Lipinski definition) is 4. The Kier molecular flexibility index (Phi) is 25.7. The summed E-state index contributed by atoms with van der Waals surface area (Å²) in [6.07, 6.45) is -54.8. The number of alkyl halides is 24. The average Bonchev–Trinajstić information content (AvgIpc) is 0.707. The quantitative estimate of drug-likeness (QED) is 0.0380. The van der Waals surface area contributed by atoms with Crippen molar-refractivity contribution in [2.45, 2.75) is 95.9 Å². The van der Waals surface area contributed by atoms with E-state index >= 15 is 0 Å². The molecular formula is C71H54BF24N2O2PPd. The van der Waals surface area contributed by atoms with Crippen LogP contribution in [-0.4, -0.2) is 31.1 Å². The average molecular weight is 1570 g/mol. The maximum Gasteiger partial charge on any atom is 2.00 e. The molecule has 9 aromatic rings. The van der Waals surface area contributed by atoms with Crippen LogP contribution in [0, 0.1) is 6.07 Å². The minimum atomic E-state index is -6.13. The number of halogens is 24. The van der Waals surface area contributed by atoms with E-state index in [4.69, 9.17) is 19.5 Å². The Balaban J connectivity index is 0.000000295. The molecule has 8 aromatic carbocycles. The van der Waals surface area contributed by atoms with Crippen LogP contribution >= 0.6 is 8.58 Å². The third-order valence-corrected chi connectivity index (χ3v) is 17.0. The second-order valence-electron chi connectivity index (χ2n) is 23.2. The van der Waals surface area contributed by atoms with Crippen molar-refractivity contribution in [2.75, 3.05) is 14.2 Å². The predicted molar refractivity (Wildman–Crippen MR) is 339 cm³/mol. The topological polar surface area (TPSA) is 43.7 Å². The number of aliphatic imine (C=N–C) groups is 1. The van der Waals surface area contributed by atoms with Gasteiger partial charge in [-0.25, -0.2) is 0 Å². The molecule has 1 aromatic heterocycles. The molecule has 0 amide bonds. The third kappa shape index (κ3) is 20.1. The molecule has 546 valence electrons. The van der Waals surface area contributed by atoms with Gasteiger partial charge in [0.05, 0.1) is 75.8 Å². The molecule has 0 N–H and O–H groups in total. The van der Waals surface area contributed by atoms with Gasteiger partial charge in [0.15, 0.2) is 0 Å². The normalized spacial score (nSPS) is 12.9. The summed E-state index contributed by atoms with van der Waals surface area (Å²) in [5, 5.41) is 2.39. The van der Waals surface area contributed by atoms with Crippen LogP contribution in [0.3, 0.4) is 0 Å². The summed E-state index contributed by atoms with van der Waals surface area (Å²) in [5.41, 5.74) is -22.8. The number of nitrogens with zero attached hydrogens (tertiary/aromatic N) is 2. The molecule has 0 atom stereocenters. The zero-order valence-corrected chi connectivity index (χ0v) is 56.2. The van der Waals surface area contributed by atoms with E-state index in [-0.39, 0.29) is 20.4 Å². The SMILES string of the molecule is CC(=Nc1c(C(C)C)cccc1C(C)C)c1cccc(-c2[c-]cccc2)n1.COc1ccccc1Pc1ccccc1OC.FC(F)(F)c1cc([B-](c2cc(C(F)(F)F)cc(C(F)(F)F)c2)(c2cc(C(F)(F)F)cc(C(F)(F)F)c2)c2cc(C(F)(F)F)cc(C(F)(F)F)c2)cc(C(F)(F)F)c1.[Pd+2]. The molecule has 4 nitrogen and oxygen atoms in total. The van der Waals surface area contributed by atoms with E-state index in [0.717, 1.165) is 39.8 Å². The predicted octanol–water partition coefficient (Wildman–Crippen LogP) is 20.5. The molecular weight excluding hydrogens is 1520 g/mol. The summed E-state index contributed by atoms with van der Waals surface area (Å²) < 4.78 is 352.